The molecule has 3 aliphatic rings. The highest BCUT2D eigenvalue weighted by molar-refractivity contribution is 6.02. The lowest BCUT2D eigenvalue weighted by molar-refractivity contribution is -0.126. The van der Waals surface area contributed by atoms with Crippen LogP contribution in [-0.2, 0) is 4.79 Å². The molecule has 5 nitrogen and oxygen atoms in total. The molecule has 2 unspecified atom stereocenters. The zero-order valence-corrected chi connectivity index (χ0v) is 8.61. The van der Waals surface area contributed by atoms with Crippen molar-refractivity contribution < 1.29 is 9.59 Å². The van der Waals surface area contributed by atoms with Gasteiger partial charge in [0.05, 0.1) is 12.6 Å². The summed E-state index contributed by atoms with van der Waals surface area (Å²) in [6, 6.07) is 0.360. The number of nitrogens with one attached hydrogen (secondary N) is 1. The molecule has 0 aromatic heterocycles. The molecule has 3 aliphatic heterocycles. The van der Waals surface area contributed by atoms with Gasteiger partial charge >= 0.3 is 6.03 Å². The average molecular weight is 209 g/mol. The van der Waals surface area contributed by atoms with Crippen LogP contribution < -0.4 is 5.32 Å². The zero-order chi connectivity index (χ0) is 10.4. The molecule has 0 aromatic carbocycles. The average Bonchev–Trinajstić information content (AvgIpc) is 2.84. The fraction of sp³-hybridized carbons (Fsp3) is 0.800. The fourth-order valence-corrected chi connectivity index (χ4v) is 3.13. The zero-order valence-electron chi connectivity index (χ0n) is 8.61. The number of carbonyl (C=O) groups is 2. The Labute approximate surface area is 88.4 Å². The molecule has 3 fully saturated rings. The highest BCUT2D eigenvalue weighted by atomic mass is 16.2. The summed E-state index contributed by atoms with van der Waals surface area (Å²) in [4.78, 5) is 27.0. The SMILES string of the molecule is O=C1CNC(=O)N1C1CCN2CCCC12. The molecule has 5 heteroatoms. The summed E-state index contributed by atoms with van der Waals surface area (Å²) in [5, 5.41) is 2.60. The second-order valence-corrected chi connectivity index (χ2v) is 4.52. The second kappa shape index (κ2) is 3.20. The number of rotatable bonds is 1. The van der Waals surface area contributed by atoms with Crippen LogP contribution in [0.25, 0.3) is 0 Å². The smallest absolute Gasteiger partial charge is 0.324 e. The van der Waals surface area contributed by atoms with Gasteiger partial charge in [-0.15, -0.1) is 0 Å². The van der Waals surface area contributed by atoms with Crippen molar-refractivity contribution in [3.8, 4) is 0 Å². The van der Waals surface area contributed by atoms with Crippen molar-refractivity contribution in [1.82, 2.24) is 15.1 Å². The maximum Gasteiger partial charge on any atom is 0.324 e. The Morgan fingerprint density at radius 2 is 2.00 bits per heavy atom. The first-order valence-electron chi connectivity index (χ1n) is 5.61. The van der Waals surface area contributed by atoms with Gasteiger partial charge in [-0.3, -0.25) is 14.6 Å². The maximum absolute atomic E-state index is 11.6. The van der Waals surface area contributed by atoms with E-state index in [0.29, 0.717) is 6.04 Å². The molecule has 0 aliphatic carbocycles. The van der Waals surface area contributed by atoms with E-state index in [9.17, 15) is 9.59 Å². The van der Waals surface area contributed by atoms with Crippen molar-refractivity contribution in [2.45, 2.75) is 31.3 Å². The second-order valence-electron chi connectivity index (χ2n) is 4.52. The third-order valence-corrected chi connectivity index (χ3v) is 3.78. The number of hydrogen-bond acceptors (Lipinski definition) is 3. The van der Waals surface area contributed by atoms with Gasteiger partial charge in [-0.05, 0) is 25.8 Å². The first-order valence-corrected chi connectivity index (χ1v) is 5.61. The number of nitrogens with zero attached hydrogens (tertiary/aromatic N) is 2. The maximum atomic E-state index is 11.6. The third kappa shape index (κ3) is 1.26. The lowest BCUT2D eigenvalue weighted by atomic mass is 10.1. The van der Waals surface area contributed by atoms with Gasteiger partial charge in [0.15, 0.2) is 0 Å². The first-order chi connectivity index (χ1) is 7.27. The highest BCUT2D eigenvalue weighted by Crippen LogP contribution is 2.31. The van der Waals surface area contributed by atoms with Crippen LogP contribution in [0.2, 0.25) is 0 Å². The highest BCUT2D eigenvalue weighted by Gasteiger charge is 2.45. The van der Waals surface area contributed by atoms with Crippen LogP contribution in [0.5, 0.6) is 0 Å². The van der Waals surface area contributed by atoms with E-state index >= 15 is 0 Å². The standard InChI is InChI=1S/C10H15N3O2/c14-9-6-11-10(15)13(9)8-3-5-12-4-1-2-7(8)12/h7-8H,1-6H2,(H,11,15). The van der Waals surface area contributed by atoms with Crippen LogP contribution in [0, 0.1) is 0 Å². The van der Waals surface area contributed by atoms with E-state index in [1.165, 1.54) is 11.3 Å². The largest absolute Gasteiger partial charge is 0.329 e. The molecular weight excluding hydrogens is 194 g/mol. The van der Waals surface area contributed by atoms with Crippen LogP contribution >= 0.6 is 0 Å². The van der Waals surface area contributed by atoms with E-state index in [1.807, 2.05) is 0 Å². The van der Waals surface area contributed by atoms with Gasteiger partial charge in [0.2, 0.25) is 5.91 Å². The Balaban J connectivity index is 1.82. The minimum atomic E-state index is -0.196. The Morgan fingerprint density at radius 1 is 1.13 bits per heavy atom. The lowest BCUT2D eigenvalue weighted by Crippen LogP contribution is -2.46. The van der Waals surface area contributed by atoms with Crippen molar-refractivity contribution in [3.63, 3.8) is 0 Å². The molecule has 82 valence electrons. The number of imide groups is 1. The number of amides is 3. The minimum Gasteiger partial charge on any atom is -0.329 e. The molecule has 0 bridgehead atoms. The summed E-state index contributed by atoms with van der Waals surface area (Å²) >= 11 is 0. The van der Waals surface area contributed by atoms with Crippen molar-refractivity contribution in [2.24, 2.45) is 0 Å². The summed E-state index contributed by atoms with van der Waals surface area (Å²) < 4.78 is 0. The number of fused-ring (bicyclic) bond motifs is 1. The summed E-state index contributed by atoms with van der Waals surface area (Å²) in [6.45, 7) is 2.35. The Bertz CT molecular complexity index is 302. The van der Waals surface area contributed by atoms with Gasteiger partial charge in [-0.25, -0.2) is 4.79 Å². The molecular formula is C10H15N3O2. The summed E-state index contributed by atoms with van der Waals surface area (Å²) in [5.41, 5.74) is 0. The van der Waals surface area contributed by atoms with E-state index in [1.54, 1.807) is 0 Å². The molecule has 0 spiro atoms. The predicted molar refractivity (Wildman–Crippen MR) is 53.2 cm³/mol. The molecule has 1 N–H and O–H groups in total. The number of hydrogen-bond donors (Lipinski definition) is 1. The van der Waals surface area contributed by atoms with E-state index in [0.717, 1.165) is 25.9 Å². The van der Waals surface area contributed by atoms with E-state index in [-0.39, 0.29) is 24.5 Å². The lowest BCUT2D eigenvalue weighted by Gasteiger charge is -2.26. The Morgan fingerprint density at radius 3 is 2.73 bits per heavy atom. The monoisotopic (exact) mass is 209 g/mol. The van der Waals surface area contributed by atoms with Gasteiger partial charge in [-0.1, -0.05) is 0 Å². The molecule has 3 heterocycles. The third-order valence-electron chi connectivity index (χ3n) is 3.78. The topological polar surface area (TPSA) is 52.7 Å². The molecule has 2 atom stereocenters. The summed E-state index contributed by atoms with van der Waals surface area (Å²) in [6.07, 6.45) is 3.27. The van der Waals surface area contributed by atoms with Crippen molar-refractivity contribution in [3.05, 3.63) is 0 Å². The molecule has 0 aromatic rings. The first kappa shape index (κ1) is 9.15. The molecule has 3 amide bonds. The van der Waals surface area contributed by atoms with Crippen molar-refractivity contribution >= 4 is 11.9 Å². The van der Waals surface area contributed by atoms with Crippen LogP contribution in [0.1, 0.15) is 19.3 Å². The molecule has 0 radical (unpaired) electrons. The van der Waals surface area contributed by atoms with Crippen LogP contribution in [0.15, 0.2) is 0 Å². The van der Waals surface area contributed by atoms with E-state index in [4.69, 9.17) is 0 Å². The fourth-order valence-electron chi connectivity index (χ4n) is 3.13. The van der Waals surface area contributed by atoms with Gasteiger partial charge in [0.25, 0.3) is 0 Å². The van der Waals surface area contributed by atoms with E-state index in [2.05, 4.69) is 10.2 Å². The Hall–Kier alpha value is -1.10. The normalized spacial score (nSPS) is 36.1. The Kier molecular flexibility index (Phi) is 1.95. The van der Waals surface area contributed by atoms with Crippen molar-refractivity contribution in [1.29, 1.82) is 0 Å². The molecule has 3 rings (SSSR count). The molecule has 0 saturated carbocycles. The molecule has 3 saturated heterocycles. The quantitative estimate of drug-likeness (QED) is 0.607. The predicted octanol–water partition coefficient (Wildman–Crippen LogP) is -0.225. The van der Waals surface area contributed by atoms with Gasteiger partial charge in [0, 0.05) is 12.6 Å². The van der Waals surface area contributed by atoms with Crippen LogP contribution in [0.3, 0.4) is 0 Å². The summed E-state index contributed by atoms with van der Waals surface area (Å²) in [7, 11) is 0. The van der Waals surface area contributed by atoms with Crippen molar-refractivity contribution in [2.75, 3.05) is 19.6 Å². The number of urea groups is 1. The molecule has 15 heavy (non-hydrogen) atoms. The van der Waals surface area contributed by atoms with Gasteiger partial charge in [-0.2, -0.15) is 0 Å². The summed E-state index contributed by atoms with van der Waals surface area (Å²) in [5.74, 6) is -0.0567. The number of carbonyl (C=O) groups excluding carboxylic acids is 2. The van der Waals surface area contributed by atoms with Gasteiger partial charge in [0.1, 0.15) is 0 Å². The van der Waals surface area contributed by atoms with Crippen LogP contribution in [0.4, 0.5) is 4.79 Å². The van der Waals surface area contributed by atoms with Gasteiger partial charge < -0.3 is 5.32 Å². The van der Waals surface area contributed by atoms with E-state index < -0.39 is 0 Å². The minimum absolute atomic E-state index is 0.0567. The van der Waals surface area contributed by atoms with Crippen LogP contribution in [-0.4, -0.2) is 53.5 Å².